The summed E-state index contributed by atoms with van der Waals surface area (Å²) in [5, 5.41) is 3.53. The van der Waals surface area contributed by atoms with Gasteiger partial charge in [-0.2, -0.15) is 0 Å². The number of likely N-dealkylation sites (N-methyl/N-ethyl adjacent to an activating group) is 1. The monoisotopic (exact) mass is 328 g/mol. The fourth-order valence-corrected chi connectivity index (χ4v) is 3.10. The molecule has 0 bridgehead atoms. The summed E-state index contributed by atoms with van der Waals surface area (Å²) in [4.78, 5) is 2.22. The smallest absolute Gasteiger partial charge is 0.133 e. The third-order valence-corrected chi connectivity index (χ3v) is 4.02. The maximum atomic E-state index is 5.58. The van der Waals surface area contributed by atoms with Crippen LogP contribution in [0, 0.1) is 0 Å². The van der Waals surface area contributed by atoms with Crippen molar-refractivity contribution in [3.8, 4) is 5.75 Å². The Morgan fingerprint density at radius 2 is 2.26 bits per heavy atom. The Hall–Kier alpha value is -0.620. The molecule has 1 aliphatic rings. The summed E-state index contributed by atoms with van der Waals surface area (Å²) in [7, 11) is 5.87. The van der Waals surface area contributed by atoms with Crippen molar-refractivity contribution in [2.75, 3.05) is 41.0 Å². The van der Waals surface area contributed by atoms with E-state index in [2.05, 4.69) is 52.4 Å². The first kappa shape index (κ1) is 14.8. The molecule has 5 heteroatoms. The lowest BCUT2D eigenvalue weighted by molar-refractivity contribution is 0.0459. The van der Waals surface area contributed by atoms with Gasteiger partial charge in [0.2, 0.25) is 0 Å². The molecule has 0 amide bonds. The van der Waals surface area contributed by atoms with Gasteiger partial charge in [0.15, 0.2) is 0 Å². The molecule has 0 aliphatic carbocycles. The molecule has 19 heavy (non-hydrogen) atoms. The van der Waals surface area contributed by atoms with Crippen LogP contribution in [0.5, 0.6) is 5.75 Å². The second kappa shape index (κ2) is 6.70. The summed E-state index contributed by atoms with van der Waals surface area (Å²) in [5.74, 6) is 0.856. The van der Waals surface area contributed by atoms with Crippen LogP contribution in [0.3, 0.4) is 0 Å². The number of halogens is 1. The molecule has 1 aromatic carbocycles. The van der Waals surface area contributed by atoms with Gasteiger partial charge in [-0.3, -0.25) is 0 Å². The van der Waals surface area contributed by atoms with Gasteiger partial charge in [-0.15, -0.1) is 0 Å². The van der Waals surface area contributed by atoms with Crippen LogP contribution >= 0.6 is 15.9 Å². The number of rotatable bonds is 4. The van der Waals surface area contributed by atoms with E-state index in [1.165, 1.54) is 5.56 Å². The van der Waals surface area contributed by atoms with Crippen LogP contribution in [0.4, 0.5) is 0 Å². The summed E-state index contributed by atoms with van der Waals surface area (Å²) in [5.41, 5.74) is 1.25. The molecule has 4 nitrogen and oxygen atoms in total. The predicted molar refractivity (Wildman–Crippen MR) is 79.7 cm³/mol. The highest BCUT2D eigenvalue weighted by molar-refractivity contribution is 9.10. The highest BCUT2D eigenvalue weighted by Gasteiger charge is 2.27. The fraction of sp³-hybridized carbons (Fsp3) is 0.571. The van der Waals surface area contributed by atoms with Crippen LogP contribution in [-0.2, 0) is 4.74 Å². The van der Waals surface area contributed by atoms with Gasteiger partial charge in [0.1, 0.15) is 5.75 Å². The van der Waals surface area contributed by atoms with Gasteiger partial charge >= 0.3 is 0 Å². The number of nitrogens with one attached hydrogen (secondary N) is 1. The van der Waals surface area contributed by atoms with Gasteiger partial charge in [-0.05, 0) is 47.7 Å². The summed E-state index contributed by atoms with van der Waals surface area (Å²) >= 11 is 3.55. The summed E-state index contributed by atoms with van der Waals surface area (Å²) in [6, 6.07) is 6.83. The standard InChI is InChI=1S/C14H21BrN2O2/c1-17(2)14(12-9-19-7-6-16-12)10-4-5-13(18-3)11(15)8-10/h4-5,8,12,14,16H,6-7,9H2,1-3H3. The Balaban J connectivity index is 2.25. The molecule has 0 aromatic heterocycles. The average Bonchev–Trinajstić information content (AvgIpc) is 2.40. The number of ether oxygens (including phenoxy) is 2. The minimum absolute atomic E-state index is 0.280. The topological polar surface area (TPSA) is 33.7 Å². The van der Waals surface area contributed by atoms with Crippen molar-refractivity contribution in [2.24, 2.45) is 0 Å². The number of methoxy groups -OCH3 is 1. The van der Waals surface area contributed by atoms with E-state index in [-0.39, 0.29) is 6.04 Å². The Kier molecular flexibility index (Phi) is 5.21. The summed E-state index contributed by atoms with van der Waals surface area (Å²) in [6.07, 6.45) is 0. The number of nitrogens with zero attached hydrogens (tertiary/aromatic N) is 1. The van der Waals surface area contributed by atoms with Crippen molar-refractivity contribution in [3.63, 3.8) is 0 Å². The highest BCUT2D eigenvalue weighted by Crippen LogP contribution is 2.31. The molecule has 0 saturated carbocycles. The molecule has 106 valence electrons. The normalized spacial score (nSPS) is 21.4. The van der Waals surface area contributed by atoms with E-state index in [1.807, 2.05) is 6.07 Å². The minimum atomic E-state index is 0.280. The number of benzene rings is 1. The first-order valence-electron chi connectivity index (χ1n) is 6.44. The van der Waals surface area contributed by atoms with E-state index in [0.717, 1.165) is 30.0 Å². The fourth-order valence-electron chi connectivity index (χ4n) is 2.55. The van der Waals surface area contributed by atoms with Crippen molar-refractivity contribution in [1.29, 1.82) is 0 Å². The molecule has 2 unspecified atom stereocenters. The maximum absolute atomic E-state index is 5.58. The van der Waals surface area contributed by atoms with E-state index < -0.39 is 0 Å². The Morgan fingerprint density at radius 1 is 1.47 bits per heavy atom. The van der Waals surface area contributed by atoms with Gasteiger partial charge in [0.05, 0.1) is 36.9 Å². The van der Waals surface area contributed by atoms with Crippen LogP contribution in [0.2, 0.25) is 0 Å². The predicted octanol–water partition coefficient (Wildman–Crippen LogP) is 2.05. The zero-order valence-electron chi connectivity index (χ0n) is 11.6. The quantitative estimate of drug-likeness (QED) is 0.917. The third-order valence-electron chi connectivity index (χ3n) is 3.41. The molecular formula is C14H21BrN2O2. The van der Waals surface area contributed by atoms with E-state index in [1.54, 1.807) is 7.11 Å². The van der Waals surface area contributed by atoms with Gasteiger partial charge in [0.25, 0.3) is 0 Å². The number of morpholine rings is 1. The van der Waals surface area contributed by atoms with E-state index in [4.69, 9.17) is 9.47 Å². The van der Waals surface area contributed by atoms with Crippen molar-refractivity contribution < 1.29 is 9.47 Å². The second-order valence-electron chi connectivity index (χ2n) is 4.94. The van der Waals surface area contributed by atoms with Crippen LogP contribution in [0.15, 0.2) is 22.7 Å². The summed E-state index contributed by atoms with van der Waals surface area (Å²) < 4.78 is 11.9. The summed E-state index contributed by atoms with van der Waals surface area (Å²) in [6.45, 7) is 2.45. The Labute approximate surface area is 123 Å². The third kappa shape index (κ3) is 3.48. The molecule has 2 rings (SSSR count). The van der Waals surface area contributed by atoms with Gasteiger partial charge in [-0.1, -0.05) is 6.07 Å². The lowest BCUT2D eigenvalue weighted by Crippen LogP contribution is -2.48. The van der Waals surface area contributed by atoms with Gasteiger partial charge in [0, 0.05) is 6.54 Å². The van der Waals surface area contributed by atoms with Crippen LogP contribution in [0.25, 0.3) is 0 Å². The highest BCUT2D eigenvalue weighted by atomic mass is 79.9. The molecule has 1 saturated heterocycles. The minimum Gasteiger partial charge on any atom is -0.496 e. The Bertz CT molecular complexity index is 420. The molecular weight excluding hydrogens is 308 g/mol. The average molecular weight is 329 g/mol. The first-order valence-corrected chi connectivity index (χ1v) is 7.23. The lowest BCUT2D eigenvalue weighted by atomic mass is 9.98. The van der Waals surface area contributed by atoms with Crippen molar-refractivity contribution in [1.82, 2.24) is 10.2 Å². The largest absolute Gasteiger partial charge is 0.496 e. The molecule has 1 aliphatic heterocycles. The number of hydrogen-bond acceptors (Lipinski definition) is 4. The second-order valence-corrected chi connectivity index (χ2v) is 5.79. The van der Waals surface area contributed by atoms with Gasteiger partial charge in [-0.25, -0.2) is 0 Å². The molecule has 1 aromatic rings. The lowest BCUT2D eigenvalue weighted by Gasteiger charge is -2.35. The van der Waals surface area contributed by atoms with Crippen molar-refractivity contribution in [3.05, 3.63) is 28.2 Å². The molecule has 1 heterocycles. The first-order chi connectivity index (χ1) is 9.13. The maximum Gasteiger partial charge on any atom is 0.133 e. The zero-order valence-corrected chi connectivity index (χ0v) is 13.2. The van der Waals surface area contributed by atoms with Crippen LogP contribution in [-0.4, -0.2) is 51.9 Å². The van der Waals surface area contributed by atoms with Gasteiger partial charge < -0.3 is 19.7 Å². The van der Waals surface area contributed by atoms with E-state index in [0.29, 0.717) is 6.04 Å². The van der Waals surface area contributed by atoms with E-state index in [9.17, 15) is 0 Å². The van der Waals surface area contributed by atoms with E-state index >= 15 is 0 Å². The number of hydrogen-bond donors (Lipinski definition) is 1. The molecule has 2 atom stereocenters. The van der Waals surface area contributed by atoms with Crippen LogP contribution < -0.4 is 10.1 Å². The van der Waals surface area contributed by atoms with Crippen molar-refractivity contribution >= 4 is 15.9 Å². The van der Waals surface area contributed by atoms with Crippen molar-refractivity contribution in [2.45, 2.75) is 12.1 Å². The molecule has 1 N–H and O–H groups in total. The molecule has 0 spiro atoms. The zero-order chi connectivity index (χ0) is 13.8. The molecule has 1 fully saturated rings. The Morgan fingerprint density at radius 3 is 2.79 bits per heavy atom. The van der Waals surface area contributed by atoms with Crippen LogP contribution in [0.1, 0.15) is 11.6 Å². The molecule has 0 radical (unpaired) electrons. The SMILES string of the molecule is COc1ccc(C(C2COCCN2)N(C)C)cc1Br.